The molecule has 1 amide bonds. The molecule has 2 aliphatic heterocycles. The van der Waals surface area contributed by atoms with E-state index >= 15 is 0 Å². The predicted molar refractivity (Wildman–Crippen MR) is 78.8 cm³/mol. The second-order valence-corrected chi connectivity index (χ2v) is 5.86. The Labute approximate surface area is 118 Å². The van der Waals surface area contributed by atoms with Crippen LogP contribution in [-0.2, 0) is 0 Å². The Balaban J connectivity index is 1.56. The van der Waals surface area contributed by atoms with Crippen molar-refractivity contribution in [2.24, 2.45) is 0 Å². The van der Waals surface area contributed by atoms with Gasteiger partial charge < -0.3 is 10.3 Å². The van der Waals surface area contributed by atoms with E-state index in [0.29, 0.717) is 12.1 Å². The summed E-state index contributed by atoms with van der Waals surface area (Å²) in [6, 6.07) is 8.83. The van der Waals surface area contributed by atoms with Crippen molar-refractivity contribution < 1.29 is 4.79 Å². The first-order valence-electron chi connectivity index (χ1n) is 7.44. The molecule has 2 unspecified atom stereocenters. The summed E-state index contributed by atoms with van der Waals surface area (Å²) in [4.78, 5) is 18.2. The SMILES string of the molecule is O=C(NC1CCN2CCCC12)c1c[nH]c2ccccc12. The summed E-state index contributed by atoms with van der Waals surface area (Å²) >= 11 is 0. The Morgan fingerprint density at radius 1 is 1.25 bits per heavy atom. The molecule has 4 rings (SSSR count). The number of hydrogen-bond acceptors (Lipinski definition) is 2. The maximum absolute atomic E-state index is 12.5. The highest BCUT2D eigenvalue weighted by atomic mass is 16.1. The van der Waals surface area contributed by atoms with E-state index < -0.39 is 0 Å². The van der Waals surface area contributed by atoms with Crippen LogP contribution in [0.3, 0.4) is 0 Å². The van der Waals surface area contributed by atoms with E-state index in [4.69, 9.17) is 0 Å². The summed E-state index contributed by atoms with van der Waals surface area (Å²) in [5.41, 5.74) is 1.78. The number of benzene rings is 1. The zero-order valence-corrected chi connectivity index (χ0v) is 11.4. The molecule has 2 saturated heterocycles. The molecule has 2 atom stereocenters. The number of fused-ring (bicyclic) bond motifs is 2. The highest BCUT2D eigenvalue weighted by molar-refractivity contribution is 6.06. The van der Waals surface area contributed by atoms with E-state index in [2.05, 4.69) is 15.2 Å². The molecule has 0 bridgehead atoms. The molecule has 2 fully saturated rings. The Kier molecular flexibility index (Phi) is 2.77. The van der Waals surface area contributed by atoms with E-state index in [1.54, 1.807) is 0 Å². The fourth-order valence-electron chi connectivity index (χ4n) is 3.76. The Hall–Kier alpha value is -1.81. The minimum atomic E-state index is 0.0567. The van der Waals surface area contributed by atoms with Gasteiger partial charge in [0.15, 0.2) is 0 Å². The van der Waals surface area contributed by atoms with Gasteiger partial charge >= 0.3 is 0 Å². The first-order valence-corrected chi connectivity index (χ1v) is 7.44. The maximum Gasteiger partial charge on any atom is 0.253 e. The largest absolute Gasteiger partial charge is 0.360 e. The van der Waals surface area contributed by atoms with Gasteiger partial charge in [-0.3, -0.25) is 9.69 Å². The molecule has 1 aromatic carbocycles. The monoisotopic (exact) mass is 269 g/mol. The van der Waals surface area contributed by atoms with Crippen LogP contribution in [-0.4, -0.2) is 41.0 Å². The van der Waals surface area contributed by atoms with Gasteiger partial charge in [0.25, 0.3) is 5.91 Å². The zero-order chi connectivity index (χ0) is 13.5. The molecule has 4 heteroatoms. The fourth-order valence-corrected chi connectivity index (χ4v) is 3.76. The van der Waals surface area contributed by atoms with Gasteiger partial charge in [-0.25, -0.2) is 0 Å². The van der Waals surface area contributed by atoms with Crippen LogP contribution in [0.2, 0.25) is 0 Å². The van der Waals surface area contributed by atoms with E-state index in [1.165, 1.54) is 19.4 Å². The van der Waals surface area contributed by atoms with Crippen LogP contribution in [0.5, 0.6) is 0 Å². The third-order valence-corrected chi connectivity index (χ3v) is 4.76. The number of H-pyrrole nitrogens is 1. The van der Waals surface area contributed by atoms with Gasteiger partial charge in [0.1, 0.15) is 0 Å². The Morgan fingerprint density at radius 2 is 2.15 bits per heavy atom. The van der Waals surface area contributed by atoms with Gasteiger partial charge in [-0.15, -0.1) is 0 Å². The molecule has 1 aromatic heterocycles. The van der Waals surface area contributed by atoms with Crippen molar-refractivity contribution in [2.75, 3.05) is 13.1 Å². The van der Waals surface area contributed by atoms with E-state index in [9.17, 15) is 4.79 Å². The number of aromatic nitrogens is 1. The topological polar surface area (TPSA) is 48.1 Å². The van der Waals surface area contributed by atoms with Crippen LogP contribution < -0.4 is 5.32 Å². The number of rotatable bonds is 2. The lowest BCUT2D eigenvalue weighted by molar-refractivity contribution is 0.0931. The van der Waals surface area contributed by atoms with Crippen molar-refractivity contribution in [3.05, 3.63) is 36.0 Å². The fraction of sp³-hybridized carbons (Fsp3) is 0.438. The maximum atomic E-state index is 12.5. The van der Waals surface area contributed by atoms with Crippen LogP contribution in [0.15, 0.2) is 30.5 Å². The summed E-state index contributed by atoms with van der Waals surface area (Å²) in [5, 5.41) is 4.25. The van der Waals surface area contributed by atoms with Gasteiger partial charge in [0.05, 0.1) is 5.56 Å². The van der Waals surface area contributed by atoms with Crippen LogP contribution in [0.1, 0.15) is 29.6 Å². The number of nitrogens with one attached hydrogen (secondary N) is 2. The lowest BCUT2D eigenvalue weighted by atomic mass is 10.1. The minimum Gasteiger partial charge on any atom is -0.360 e. The van der Waals surface area contributed by atoms with Gasteiger partial charge in [0, 0.05) is 35.7 Å². The number of para-hydroxylation sites is 1. The first kappa shape index (κ1) is 12.0. The quantitative estimate of drug-likeness (QED) is 0.877. The molecular weight excluding hydrogens is 250 g/mol. The van der Waals surface area contributed by atoms with Gasteiger partial charge in [-0.05, 0) is 31.9 Å². The molecule has 4 nitrogen and oxygen atoms in total. The molecule has 0 aliphatic carbocycles. The second-order valence-electron chi connectivity index (χ2n) is 5.86. The number of carbonyl (C=O) groups is 1. The summed E-state index contributed by atoms with van der Waals surface area (Å²) in [7, 11) is 0. The molecule has 2 aliphatic rings. The van der Waals surface area contributed by atoms with Crippen LogP contribution in [0.4, 0.5) is 0 Å². The highest BCUT2D eigenvalue weighted by Crippen LogP contribution is 2.28. The standard InChI is InChI=1S/C16H19N3O/c20-16(12-10-17-13-5-2-1-4-11(12)13)18-14-7-9-19-8-3-6-15(14)19/h1-2,4-5,10,14-15,17H,3,6-9H2,(H,18,20). The van der Waals surface area contributed by atoms with Crippen molar-refractivity contribution >= 4 is 16.8 Å². The van der Waals surface area contributed by atoms with Crippen LogP contribution in [0.25, 0.3) is 10.9 Å². The van der Waals surface area contributed by atoms with Crippen molar-refractivity contribution in [1.29, 1.82) is 0 Å². The molecule has 2 N–H and O–H groups in total. The molecule has 20 heavy (non-hydrogen) atoms. The lowest BCUT2D eigenvalue weighted by Gasteiger charge is -2.21. The van der Waals surface area contributed by atoms with E-state index in [-0.39, 0.29) is 5.91 Å². The molecular formula is C16H19N3O. The van der Waals surface area contributed by atoms with Crippen LogP contribution in [0, 0.1) is 0 Å². The Morgan fingerprint density at radius 3 is 3.10 bits per heavy atom. The zero-order valence-electron chi connectivity index (χ0n) is 11.4. The predicted octanol–water partition coefficient (Wildman–Crippen LogP) is 2.13. The average Bonchev–Trinajstić information content (AvgIpc) is 3.14. The number of hydrogen-bond donors (Lipinski definition) is 2. The van der Waals surface area contributed by atoms with Crippen molar-refractivity contribution in [3.63, 3.8) is 0 Å². The third-order valence-electron chi connectivity index (χ3n) is 4.76. The van der Waals surface area contributed by atoms with Gasteiger partial charge in [-0.2, -0.15) is 0 Å². The molecule has 0 spiro atoms. The highest BCUT2D eigenvalue weighted by Gasteiger charge is 2.37. The van der Waals surface area contributed by atoms with Gasteiger partial charge in [0.2, 0.25) is 0 Å². The van der Waals surface area contributed by atoms with Crippen molar-refractivity contribution in [3.8, 4) is 0 Å². The Bertz CT molecular complexity index is 648. The van der Waals surface area contributed by atoms with Crippen LogP contribution >= 0.6 is 0 Å². The number of aromatic amines is 1. The van der Waals surface area contributed by atoms with E-state index in [0.717, 1.165) is 29.4 Å². The molecule has 0 saturated carbocycles. The second kappa shape index (κ2) is 4.63. The van der Waals surface area contributed by atoms with Gasteiger partial charge in [-0.1, -0.05) is 18.2 Å². The summed E-state index contributed by atoms with van der Waals surface area (Å²) in [6.45, 7) is 2.33. The lowest BCUT2D eigenvalue weighted by Crippen LogP contribution is -2.42. The molecule has 104 valence electrons. The smallest absolute Gasteiger partial charge is 0.253 e. The molecule has 3 heterocycles. The third kappa shape index (κ3) is 1.83. The summed E-state index contributed by atoms with van der Waals surface area (Å²) < 4.78 is 0. The summed E-state index contributed by atoms with van der Waals surface area (Å²) in [6.07, 6.45) is 5.39. The van der Waals surface area contributed by atoms with Crippen molar-refractivity contribution in [2.45, 2.75) is 31.3 Å². The van der Waals surface area contributed by atoms with E-state index in [1.807, 2.05) is 30.5 Å². The number of carbonyl (C=O) groups excluding carboxylic acids is 1. The average molecular weight is 269 g/mol. The molecule has 0 radical (unpaired) electrons. The number of nitrogens with zero attached hydrogens (tertiary/aromatic N) is 1. The normalized spacial score (nSPS) is 26.0. The minimum absolute atomic E-state index is 0.0567. The van der Waals surface area contributed by atoms with Crippen molar-refractivity contribution in [1.82, 2.24) is 15.2 Å². The first-order chi connectivity index (χ1) is 9.83. The summed E-state index contributed by atoms with van der Waals surface area (Å²) in [5.74, 6) is 0.0567. The number of amides is 1. The molecule has 2 aromatic rings.